The predicted octanol–water partition coefficient (Wildman–Crippen LogP) is 2.73. The Bertz CT molecular complexity index is 397. The third-order valence-corrected chi connectivity index (χ3v) is 1.78. The molecule has 0 saturated heterocycles. The Morgan fingerprint density at radius 1 is 1.53 bits per heavy atom. The maximum absolute atomic E-state index is 11.2. The molecule has 5 heteroatoms. The molecule has 0 aliphatic rings. The number of azide groups is 1. The first-order chi connectivity index (χ1) is 7.27. The van der Waals surface area contributed by atoms with Crippen LogP contribution in [0.2, 0.25) is 0 Å². The lowest BCUT2D eigenvalue weighted by Gasteiger charge is -2.04. The van der Waals surface area contributed by atoms with E-state index >= 15 is 0 Å². The lowest BCUT2D eigenvalue weighted by atomic mass is 10.1. The van der Waals surface area contributed by atoms with Crippen molar-refractivity contribution in [1.82, 2.24) is 0 Å². The molecule has 0 aromatic heterocycles. The van der Waals surface area contributed by atoms with Crippen LogP contribution in [0.25, 0.3) is 10.4 Å². The van der Waals surface area contributed by atoms with Gasteiger partial charge >= 0.3 is 5.97 Å². The molecule has 0 atom stereocenters. The van der Waals surface area contributed by atoms with E-state index in [2.05, 4.69) is 10.0 Å². The fourth-order valence-corrected chi connectivity index (χ4v) is 1.17. The average molecular weight is 205 g/mol. The molecule has 0 fully saturated rings. The van der Waals surface area contributed by atoms with Gasteiger partial charge in [0.15, 0.2) is 0 Å². The Morgan fingerprint density at radius 3 is 2.93 bits per heavy atom. The van der Waals surface area contributed by atoms with Crippen molar-refractivity contribution in [3.05, 3.63) is 40.3 Å². The summed E-state index contributed by atoms with van der Waals surface area (Å²) in [7, 11) is 0. The predicted molar refractivity (Wildman–Crippen MR) is 55.6 cm³/mol. The molecule has 0 aliphatic heterocycles. The second-order valence-corrected chi connectivity index (χ2v) is 2.80. The van der Waals surface area contributed by atoms with E-state index in [0.29, 0.717) is 17.9 Å². The lowest BCUT2D eigenvalue weighted by Crippen LogP contribution is -2.07. The van der Waals surface area contributed by atoms with Gasteiger partial charge in [-0.15, -0.1) is 0 Å². The van der Waals surface area contributed by atoms with Crippen LogP contribution in [0.1, 0.15) is 12.5 Å². The van der Waals surface area contributed by atoms with Crippen LogP contribution in [0.4, 0.5) is 5.69 Å². The molecule has 5 nitrogen and oxygen atoms in total. The lowest BCUT2D eigenvalue weighted by molar-refractivity contribution is -0.142. The second-order valence-electron chi connectivity index (χ2n) is 2.80. The van der Waals surface area contributed by atoms with Crippen LogP contribution in [0.5, 0.6) is 0 Å². The molecular formula is C10H11N3O2. The summed E-state index contributed by atoms with van der Waals surface area (Å²) in [5, 5.41) is 3.49. The zero-order valence-corrected chi connectivity index (χ0v) is 8.38. The van der Waals surface area contributed by atoms with E-state index in [4.69, 9.17) is 10.3 Å². The second kappa shape index (κ2) is 5.67. The van der Waals surface area contributed by atoms with Crippen molar-refractivity contribution in [2.75, 3.05) is 6.61 Å². The van der Waals surface area contributed by atoms with Crippen LogP contribution < -0.4 is 0 Å². The highest BCUT2D eigenvalue weighted by molar-refractivity contribution is 5.74. The quantitative estimate of drug-likeness (QED) is 0.328. The summed E-state index contributed by atoms with van der Waals surface area (Å²) < 4.78 is 4.81. The van der Waals surface area contributed by atoms with Crippen LogP contribution in [-0.4, -0.2) is 12.6 Å². The minimum Gasteiger partial charge on any atom is -0.466 e. The molecule has 1 aromatic carbocycles. The van der Waals surface area contributed by atoms with Gasteiger partial charge in [0.2, 0.25) is 0 Å². The van der Waals surface area contributed by atoms with Crippen molar-refractivity contribution >= 4 is 11.7 Å². The number of carbonyl (C=O) groups is 1. The van der Waals surface area contributed by atoms with Gasteiger partial charge in [0.05, 0.1) is 13.0 Å². The number of carbonyl (C=O) groups excluding carboxylic acids is 1. The molecule has 0 spiro atoms. The van der Waals surface area contributed by atoms with Crippen molar-refractivity contribution in [3.8, 4) is 0 Å². The monoisotopic (exact) mass is 205 g/mol. The smallest absolute Gasteiger partial charge is 0.310 e. The SMILES string of the molecule is CCOC(=O)Cc1ccccc1N=[N+]=[N-]. The maximum Gasteiger partial charge on any atom is 0.310 e. The fraction of sp³-hybridized carbons (Fsp3) is 0.300. The molecule has 0 saturated carbocycles. The van der Waals surface area contributed by atoms with Gasteiger partial charge in [0.25, 0.3) is 0 Å². The molecule has 0 aliphatic carbocycles. The van der Waals surface area contributed by atoms with Crippen molar-refractivity contribution < 1.29 is 9.53 Å². The number of hydrogen-bond donors (Lipinski definition) is 0. The maximum atomic E-state index is 11.2. The Labute approximate surface area is 87.3 Å². The molecule has 0 amide bonds. The summed E-state index contributed by atoms with van der Waals surface area (Å²) in [6, 6.07) is 6.93. The van der Waals surface area contributed by atoms with Crippen LogP contribution in [0.15, 0.2) is 29.4 Å². The minimum atomic E-state index is -0.321. The highest BCUT2D eigenvalue weighted by Gasteiger charge is 2.06. The van der Waals surface area contributed by atoms with E-state index in [1.165, 1.54) is 0 Å². The van der Waals surface area contributed by atoms with Crippen LogP contribution >= 0.6 is 0 Å². The topological polar surface area (TPSA) is 75.1 Å². The van der Waals surface area contributed by atoms with Gasteiger partial charge in [-0.05, 0) is 18.0 Å². The number of benzene rings is 1. The molecule has 1 rings (SSSR count). The standard InChI is InChI=1S/C10H11N3O2/c1-2-15-10(14)7-8-5-3-4-6-9(8)12-13-11/h3-6H,2,7H2,1H3. The normalized spacial score (nSPS) is 9.13. The molecule has 0 bridgehead atoms. The van der Waals surface area contributed by atoms with Crippen LogP contribution in [0.3, 0.4) is 0 Å². The largest absolute Gasteiger partial charge is 0.466 e. The number of nitrogens with zero attached hydrogens (tertiary/aromatic N) is 3. The zero-order chi connectivity index (χ0) is 11.1. The Kier molecular flexibility index (Phi) is 4.19. The van der Waals surface area contributed by atoms with E-state index in [9.17, 15) is 4.79 Å². The first-order valence-electron chi connectivity index (χ1n) is 4.56. The van der Waals surface area contributed by atoms with E-state index in [0.717, 1.165) is 0 Å². The zero-order valence-electron chi connectivity index (χ0n) is 8.38. The molecule has 15 heavy (non-hydrogen) atoms. The number of esters is 1. The van der Waals surface area contributed by atoms with Crippen molar-refractivity contribution in [2.45, 2.75) is 13.3 Å². The third kappa shape index (κ3) is 3.32. The van der Waals surface area contributed by atoms with Gasteiger partial charge < -0.3 is 4.74 Å². The van der Waals surface area contributed by atoms with Gasteiger partial charge in [-0.2, -0.15) is 0 Å². The van der Waals surface area contributed by atoms with E-state index < -0.39 is 0 Å². The Hall–Kier alpha value is -2.00. The summed E-state index contributed by atoms with van der Waals surface area (Å²) in [6.07, 6.45) is 0.128. The number of rotatable bonds is 4. The fourth-order valence-electron chi connectivity index (χ4n) is 1.17. The number of ether oxygens (including phenoxy) is 1. The highest BCUT2D eigenvalue weighted by Crippen LogP contribution is 2.19. The van der Waals surface area contributed by atoms with Crippen molar-refractivity contribution in [2.24, 2.45) is 5.11 Å². The first-order valence-corrected chi connectivity index (χ1v) is 4.56. The van der Waals surface area contributed by atoms with Crippen LogP contribution in [-0.2, 0) is 16.0 Å². The van der Waals surface area contributed by atoms with Crippen LogP contribution in [0, 0.1) is 0 Å². The molecule has 0 heterocycles. The van der Waals surface area contributed by atoms with E-state index in [-0.39, 0.29) is 12.4 Å². The minimum absolute atomic E-state index is 0.128. The summed E-state index contributed by atoms with van der Waals surface area (Å²) in [4.78, 5) is 13.9. The average Bonchev–Trinajstić information content (AvgIpc) is 2.21. The third-order valence-electron chi connectivity index (χ3n) is 1.78. The van der Waals surface area contributed by atoms with Crippen molar-refractivity contribution in [1.29, 1.82) is 0 Å². The Balaban J connectivity index is 2.84. The van der Waals surface area contributed by atoms with Gasteiger partial charge in [-0.25, -0.2) is 0 Å². The molecule has 0 radical (unpaired) electrons. The molecule has 0 N–H and O–H groups in total. The molecule has 1 aromatic rings. The molecular weight excluding hydrogens is 194 g/mol. The van der Waals surface area contributed by atoms with Gasteiger partial charge in [-0.1, -0.05) is 29.4 Å². The molecule has 78 valence electrons. The molecule has 0 unspecified atom stereocenters. The van der Waals surface area contributed by atoms with Gasteiger partial charge in [0, 0.05) is 10.6 Å². The van der Waals surface area contributed by atoms with Crippen molar-refractivity contribution in [3.63, 3.8) is 0 Å². The highest BCUT2D eigenvalue weighted by atomic mass is 16.5. The van der Waals surface area contributed by atoms with Gasteiger partial charge in [-0.3, -0.25) is 4.79 Å². The Morgan fingerprint density at radius 2 is 2.27 bits per heavy atom. The summed E-state index contributed by atoms with van der Waals surface area (Å²) in [6.45, 7) is 2.10. The number of hydrogen-bond acceptors (Lipinski definition) is 3. The summed E-state index contributed by atoms with van der Waals surface area (Å²) in [5.74, 6) is -0.321. The first kappa shape index (κ1) is 11.1. The summed E-state index contributed by atoms with van der Waals surface area (Å²) in [5.41, 5.74) is 9.46. The van der Waals surface area contributed by atoms with E-state index in [1.807, 2.05) is 0 Å². The van der Waals surface area contributed by atoms with Gasteiger partial charge in [0.1, 0.15) is 0 Å². The summed E-state index contributed by atoms with van der Waals surface area (Å²) >= 11 is 0. The van der Waals surface area contributed by atoms with E-state index in [1.54, 1.807) is 31.2 Å².